The Kier molecular flexibility index (Phi) is 7.71. The van der Waals surface area contributed by atoms with E-state index in [0.29, 0.717) is 31.3 Å². The van der Waals surface area contributed by atoms with E-state index in [2.05, 4.69) is 18.7 Å². The lowest BCUT2D eigenvalue weighted by molar-refractivity contribution is -0.120. The lowest BCUT2D eigenvalue weighted by Crippen LogP contribution is -2.35. The van der Waals surface area contributed by atoms with Gasteiger partial charge in [0.05, 0.1) is 13.2 Å². The minimum atomic E-state index is 0.307. The van der Waals surface area contributed by atoms with Crippen molar-refractivity contribution in [2.45, 2.75) is 27.2 Å². The van der Waals surface area contributed by atoms with Crippen molar-refractivity contribution < 1.29 is 9.53 Å². The fourth-order valence-corrected chi connectivity index (χ4v) is 1.33. The summed E-state index contributed by atoms with van der Waals surface area (Å²) >= 11 is 0. The molecule has 0 atom stereocenters. The largest absolute Gasteiger partial charge is 0.383 e. The normalized spacial score (nSPS) is 11.3. The topological polar surface area (TPSA) is 29.5 Å². The van der Waals surface area contributed by atoms with E-state index in [1.807, 2.05) is 6.92 Å². The first-order valence-corrected chi connectivity index (χ1v) is 5.33. The van der Waals surface area contributed by atoms with Crippen molar-refractivity contribution in [1.82, 2.24) is 4.90 Å². The first-order chi connectivity index (χ1) is 6.60. The van der Waals surface area contributed by atoms with Crippen molar-refractivity contribution in [2.24, 2.45) is 5.92 Å². The minimum Gasteiger partial charge on any atom is -0.383 e. The predicted octanol–water partition coefficient (Wildman–Crippen LogP) is 1.57. The zero-order valence-electron chi connectivity index (χ0n) is 9.88. The van der Waals surface area contributed by atoms with Gasteiger partial charge in [-0.15, -0.1) is 0 Å². The standard InChI is InChI=1S/C11H23NO2/c1-5-11(13)9-12(6-7-14-4)8-10(2)3/h10H,5-9H2,1-4H3. The first kappa shape index (κ1) is 13.6. The summed E-state index contributed by atoms with van der Waals surface area (Å²) in [6.07, 6.45) is 0.627. The molecule has 0 spiro atoms. The SMILES string of the molecule is CCC(=O)CN(CCOC)CC(C)C. The van der Waals surface area contributed by atoms with Gasteiger partial charge in [-0.05, 0) is 5.92 Å². The molecule has 0 bridgehead atoms. The summed E-state index contributed by atoms with van der Waals surface area (Å²) in [6.45, 7) is 9.32. The van der Waals surface area contributed by atoms with Crippen LogP contribution in [-0.2, 0) is 9.53 Å². The summed E-state index contributed by atoms with van der Waals surface area (Å²) in [5.74, 6) is 0.901. The van der Waals surface area contributed by atoms with Gasteiger partial charge in [0.1, 0.15) is 5.78 Å². The molecule has 0 aliphatic heterocycles. The van der Waals surface area contributed by atoms with Gasteiger partial charge in [0.15, 0.2) is 0 Å². The molecule has 0 N–H and O–H groups in total. The molecule has 0 saturated heterocycles. The number of carbonyl (C=O) groups excluding carboxylic acids is 1. The molecule has 0 heterocycles. The maximum atomic E-state index is 11.3. The van der Waals surface area contributed by atoms with Crippen molar-refractivity contribution in [3.63, 3.8) is 0 Å². The molecule has 3 heteroatoms. The fraction of sp³-hybridized carbons (Fsp3) is 0.909. The van der Waals surface area contributed by atoms with Crippen LogP contribution < -0.4 is 0 Å². The van der Waals surface area contributed by atoms with E-state index in [0.717, 1.165) is 13.1 Å². The van der Waals surface area contributed by atoms with Gasteiger partial charge in [0, 0.05) is 26.6 Å². The lowest BCUT2D eigenvalue weighted by Gasteiger charge is -2.22. The van der Waals surface area contributed by atoms with Gasteiger partial charge in [-0.3, -0.25) is 9.69 Å². The number of ketones is 1. The van der Waals surface area contributed by atoms with Crippen LogP contribution in [0.5, 0.6) is 0 Å². The van der Waals surface area contributed by atoms with Crippen LogP contribution in [0.4, 0.5) is 0 Å². The van der Waals surface area contributed by atoms with Crippen LogP contribution in [0.1, 0.15) is 27.2 Å². The molecule has 0 saturated carbocycles. The summed E-state index contributed by atoms with van der Waals surface area (Å²) in [5.41, 5.74) is 0. The van der Waals surface area contributed by atoms with Crippen molar-refractivity contribution in [2.75, 3.05) is 33.4 Å². The zero-order valence-corrected chi connectivity index (χ0v) is 9.88. The van der Waals surface area contributed by atoms with Gasteiger partial charge >= 0.3 is 0 Å². The quantitative estimate of drug-likeness (QED) is 0.597. The molecule has 0 aromatic rings. The minimum absolute atomic E-state index is 0.307. The number of methoxy groups -OCH3 is 1. The zero-order chi connectivity index (χ0) is 11.0. The van der Waals surface area contributed by atoms with E-state index in [4.69, 9.17) is 4.74 Å². The Bertz CT molecular complexity index is 157. The molecular formula is C11H23NO2. The lowest BCUT2D eigenvalue weighted by atomic mass is 10.2. The van der Waals surface area contributed by atoms with Gasteiger partial charge in [-0.1, -0.05) is 20.8 Å². The molecule has 0 rings (SSSR count). The van der Waals surface area contributed by atoms with Crippen LogP contribution in [0, 0.1) is 5.92 Å². The van der Waals surface area contributed by atoms with E-state index in [-0.39, 0.29) is 0 Å². The first-order valence-electron chi connectivity index (χ1n) is 5.33. The van der Waals surface area contributed by atoms with Crippen LogP contribution >= 0.6 is 0 Å². The average Bonchev–Trinajstić information content (AvgIpc) is 2.13. The van der Waals surface area contributed by atoms with Gasteiger partial charge in [0.25, 0.3) is 0 Å². The highest BCUT2D eigenvalue weighted by Crippen LogP contribution is 1.99. The van der Waals surface area contributed by atoms with E-state index in [1.54, 1.807) is 7.11 Å². The predicted molar refractivity (Wildman–Crippen MR) is 58.5 cm³/mol. The highest BCUT2D eigenvalue weighted by molar-refractivity contribution is 5.80. The van der Waals surface area contributed by atoms with E-state index >= 15 is 0 Å². The summed E-state index contributed by atoms with van der Waals surface area (Å²) in [7, 11) is 1.69. The molecule has 0 fully saturated rings. The Balaban J connectivity index is 3.89. The molecule has 14 heavy (non-hydrogen) atoms. The number of carbonyl (C=O) groups is 1. The number of Topliss-reactive ketones (excluding diaryl/α,β-unsaturated/α-hetero) is 1. The second-order valence-electron chi connectivity index (χ2n) is 4.01. The summed E-state index contributed by atoms with van der Waals surface area (Å²) in [6, 6.07) is 0. The van der Waals surface area contributed by atoms with Gasteiger partial charge < -0.3 is 4.74 Å². The second kappa shape index (κ2) is 7.94. The molecule has 3 nitrogen and oxygen atoms in total. The Labute approximate surface area is 87.4 Å². The molecule has 0 unspecified atom stereocenters. The summed E-state index contributed by atoms with van der Waals surface area (Å²) in [4.78, 5) is 13.5. The van der Waals surface area contributed by atoms with Crippen molar-refractivity contribution in [3.05, 3.63) is 0 Å². The van der Waals surface area contributed by atoms with E-state index in [1.165, 1.54) is 0 Å². The van der Waals surface area contributed by atoms with Crippen molar-refractivity contribution in [1.29, 1.82) is 0 Å². The second-order valence-corrected chi connectivity index (χ2v) is 4.01. The van der Waals surface area contributed by atoms with Gasteiger partial charge in [0.2, 0.25) is 0 Å². The third kappa shape index (κ3) is 7.04. The Morgan fingerprint density at radius 3 is 2.50 bits per heavy atom. The highest BCUT2D eigenvalue weighted by atomic mass is 16.5. The fourth-order valence-electron chi connectivity index (χ4n) is 1.33. The third-order valence-electron chi connectivity index (χ3n) is 2.03. The summed E-state index contributed by atoms with van der Waals surface area (Å²) < 4.78 is 5.02. The smallest absolute Gasteiger partial charge is 0.146 e. The van der Waals surface area contributed by atoms with Crippen molar-refractivity contribution >= 4 is 5.78 Å². The van der Waals surface area contributed by atoms with E-state index in [9.17, 15) is 4.79 Å². The van der Waals surface area contributed by atoms with Crippen LogP contribution in [0.25, 0.3) is 0 Å². The Hall–Kier alpha value is -0.410. The molecule has 0 aromatic heterocycles. The van der Waals surface area contributed by atoms with E-state index < -0.39 is 0 Å². The van der Waals surface area contributed by atoms with Crippen molar-refractivity contribution in [3.8, 4) is 0 Å². The average molecular weight is 201 g/mol. The molecule has 0 aliphatic carbocycles. The van der Waals surface area contributed by atoms with Crippen LogP contribution in [-0.4, -0.2) is 44.0 Å². The monoisotopic (exact) mass is 201 g/mol. The van der Waals surface area contributed by atoms with Crippen LogP contribution in [0.2, 0.25) is 0 Å². The van der Waals surface area contributed by atoms with Crippen LogP contribution in [0.15, 0.2) is 0 Å². The molecule has 0 radical (unpaired) electrons. The third-order valence-corrected chi connectivity index (χ3v) is 2.03. The van der Waals surface area contributed by atoms with Gasteiger partial charge in [-0.25, -0.2) is 0 Å². The number of nitrogens with zero attached hydrogens (tertiary/aromatic N) is 1. The van der Waals surface area contributed by atoms with Crippen LogP contribution in [0.3, 0.4) is 0 Å². The number of hydrogen-bond acceptors (Lipinski definition) is 3. The molecule has 0 amide bonds. The highest BCUT2D eigenvalue weighted by Gasteiger charge is 2.10. The van der Waals surface area contributed by atoms with Gasteiger partial charge in [-0.2, -0.15) is 0 Å². The molecule has 0 aliphatic rings. The maximum absolute atomic E-state index is 11.3. The molecular weight excluding hydrogens is 178 g/mol. The maximum Gasteiger partial charge on any atom is 0.146 e. The Morgan fingerprint density at radius 2 is 2.07 bits per heavy atom. The number of rotatable bonds is 8. The number of hydrogen-bond donors (Lipinski definition) is 0. The molecule has 0 aromatic carbocycles. The molecule has 84 valence electrons. The summed E-state index contributed by atoms with van der Waals surface area (Å²) in [5, 5.41) is 0. The number of ether oxygens (including phenoxy) is 1. The Morgan fingerprint density at radius 1 is 1.43 bits per heavy atom.